The van der Waals surface area contributed by atoms with Crippen LogP contribution in [-0.2, 0) is 31.1 Å². The Morgan fingerprint density at radius 2 is 0.723 bits per heavy atom. The fourth-order valence-electron chi connectivity index (χ4n) is 5.26. The van der Waals surface area contributed by atoms with Crippen molar-refractivity contribution in [2.45, 2.75) is 156 Å². The van der Waals surface area contributed by atoms with Crippen molar-refractivity contribution in [2.24, 2.45) is 0 Å². The minimum atomic E-state index is -0.220. The Labute approximate surface area is 288 Å². The number of ether oxygens (including phenoxy) is 2. The summed E-state index contributed by atoms with van der Waals surface area (Å²) in [5, 5.41) is 3.55. The highest BCUT2D eigenvalue weighted by molar-refractivity contribution is 5.90. The Bertz CT molecular complexity index is 1120. The predicted molar refractivity (Wildman–Crippen MR) is 198 cm³/mol. The quantitative estimate of drug-likeness (QED) is 0.145. The van der Waals surface area contributed by atoms with Gasteiger partial charge < -0.3 is 14.8 Å². The minimum absolute atomic E-state index is 0.0297. The van der Waals surface area contributed by atoms with E-state index < -0.39 is 0 Å². The van der Waals surface area contributed by atoms with Gasteiger partial charge in [-0.1, -0.05) is 121 Å². The van der Waals surface area contributed by atoms with Gasteiger partial charge in [0.05, 0.1) is 24.3 Å². The van der Waals surface area contributed by atoms with E-state index in [1.807, 2.05) is 24.3 Å². The lowest BCUT2D eigenvalue weighted by Gasteiger charge is -2.26. The molecule has 0 aliphatic rings. The van der Waals surface area contributed by atoms with Gasteiger partial charge in [-0.05, 0) is 107 Å². The van der Waals surface area contributed by atoms with Gasteiger partial charge in [0.1, 0.15) is 0 Å². The van der Waals surface area contributed by atoms with Crippen LogP contribution in [0.4, 0.5) is 0 Å². The molecule has 2 rings (SSSR count). The molecule has 0 spiro atoms. The monoisotopic (exact) mass is 650 g/mol. The van der Waals surface area contributed by atoms with Gasteiger partial charge >= 0.3 is 11.9 Å². The molecule has 0 unspecified atom stereocenters. The number of rotatable bonds is 16. The number of hydrogen-bond acceptors (Lipinski definition) is 5. The summed E-state index contributed by atoms with van der Waals surface area (Å²) in [6, 6.07) is 12.4. The minimum Gasteiger partial charge on any atom is -0.462 e. The first-order valence-corrected chi connectivity index (χ1v) is 18.1. The van der Waals surface area contributed by atoms with Gasteiger partial charge in [0.2, 0.25) is 0 Å². The molecule has 0 aliphatic carbocycles. The number of unbranched alkanes of at least 4 members (excludes halogenated alkanes) is 6. The SMILES string of the molecule is CC(C)(C)c1cc(C(=O)OCCCCCCNCCCCCCOC(=O)c2cc(C(C)(C)C)cc(C(C)(C)C)c2)cc(C(C)(C)C)c1. The van der Waals surface area contributed by atoms with Crippen LogP contribution in [0.25, 0.3) is 0 Å². The average Bonchev–Trinajstić information content (AvgIpc) is 2.96. The number of benzene rings is 2. The fraction of sp³-hybridized carbons (Fsp3) is 0.667. The first kappa shape index (κ1) is 40.5. The molecule has 264 valence electrons. The standard InChI is InChI=1S/C42H67NO4/c1-39(2,3)33-25-31(26-34(29-33)40(4,5)6)37(44)46-23-19-15-13-17-21-43-22-18-14-16-20-24-47-38(45)32-27-35(41(7,8)9)30-36(28-32)42(10,11)12/h25-30,43H,13-24H2,1-12H3. The van der Waals surface area contributed by atoms with E-state index in [-0.39, 0.29) is 33.6 Å². The van der Waals surface area contributed by atoms with E-state index in [0.29, 0.717) is 24.3 Å². The lowest BCUT2D eigenvalue weighted by Crippen LogP contribution is -2.19. The molecule has 0 radical (unpaired) electrons. The maximum atomic E-state index is 12.8. The van der Waals surface area contributed by atoms with Crippen LogP contribution in [-0.4, -0.2) is 38.2 Å². The maximum absolute atomic E-state index is 12.8. The van der Waals surface area contributed by atoms with Crippen molar-refractivity contribution < 1.29 is 19.1 Å². The van der Waals surface area contributed by atoms with Gasteiger partial charge in [-0.25, -0.2) is 9.59 Å². The summed E-state index contributed by atoms with van der Waals surface area (Å²) in [7, 11) is 0. The van der Waals surface area contributed by atoms with Crippen molar-refractivity contribution in [1.82, 2.24) is 5.32 Å². The van der Waals surface area contributed by atoms with Crippen LogP contribution in [0.3, 0.4) is 0 Å². The molecule has 0 heterocycles. The number of carbonyl (C=O) groups is 2. The second-order valence-corrected chi connectivity index (χ2v) is 17.4. The summed E-state index contributed by atoms with van der Waals surface area (Å²) < 4.78 is 11.3. The Morgan fingerprint density at radius 1 is 0.447 bits per heavy atom. The highest BCUT2D eigenvalue weighted by Crippen LogP contribution is 2.32. The second-order valence-electron chi connectivity index (χ2n) is 17.4. The van der Waals surface area contributed by atoms with Crippen molar-refractivity contribution in [3.8, 4) is 0 Å². The van der Waals surface area contributed by atoms with Gasteiger partial charge in [-0.3, -0.25) is 0 Å². The topological polar surface area (TPSA) is 64.6 Å². The molecule has 0 amide bonds. The Balaban J connectivity index is 1.56. The highest BCUT2D eigenvalue weighted by Gasteiger charge is 2.24. The zero-order chi connectivity index (χ0) is 35.5. The molecule has 2 aromatic carbocycles. The smallest absolute Gasteiger partial charge is 0.338 e. The third-order valence-electron chi connectivity index (χ3n) is 8.76. The van der Waals surface area contributed by atoms with Crippen LogP contribution >= 0.6 is 0 Å². The normalized spacial score (nSPS) is 12.7. The number of hydrogen-bond donors (Lipinski definition) is 1. The summed E-state index contributed by atoms with van der Waals surface area (Å²) in [5.41, 5.74) is 5.85. The van der Waals surface area contributed by atoms with E-state index in [2.05, 4.69) is 101 Å². The summed E-state index contributed by atoms with van der Waals surface area (Å²) >= 11 is 0. The first-order chi connectivity index (χ1) is 21.7. The zero-order valence-electron chi connectivity index (χ0n) is 32.1. The largest absolute Gasteiger partial charge is 0.462 e. The van der Waals surface area contributed by atoms with Crippen molar-refractivity contribution >= 4 is 11.9 Å². The van der Waals surface area contributed by atoms with E-state index in [0.717, 1.165) is 86.7 Å². The molecule has 0 atom stereocenters. The van der Waals surface area contributed by atoms with Gasteiger partial charge in [-0.2, -0.15) is 0 Å². The Hall–Kier alpha value is -2.66. The lowest BCUT2D eigenvalue weighted by molar-refractivity contribution is 0.0488. The maximum Gasteiger partial charge on any atom is 0.338 e. The molecule has 1 N–H and O–H groups in total. The summed E-state index contributed by atoms with van der Waals surface area (Å²) in [6.45, 7) is 29.1. The van der Waals surface area contributed by atoms with E-state index in [4.69, 9.17) is 9.47 Å². The third kappa shape index (κ3) is 14.6. The van der Waals surface area contributed by atoms with Crippen molar-refractivity contribution in [3.05, 3.63) is 69.8 Å². The molecule has 0 fully saturated rings. The van der Waals surface area contributed by atoms with Crippen LogP contribution in [0.2, 0.25) is 0 Å². The molecule has 47 heavy (non-hydrogen) atoms. The highest BCUT2D eigenvalue weighted by atomic mass is 16.5. The molecule has 0 aromatic heterocycles. The Morgan fingerprint density at radius 3 is 1.00 bits per heavy atom. The number of nitrogens with one attached hydrogen (secondary N) is 1. The Kier molecular flexibility index (Phi) is 15.2. The fourth-order valence-corrected chi connectivity index (χ4v) is 5.26. The first-order valence-electron chi connectivity index (χ1n) is 18.1. The van der Waals surface area contributed by atoms with Crippen LogP contribution in [0.15, 0.2) is 36.4 Å². The third-order valence-corrected chi connectivity index (χ3v) is 8.76. The van der Waals surface area contributed by atoms with Crippen LogP contribution in [0.5, 0.6) is 0 Å². The number of esters is 2. The van der Waals surface area contributed by atoms with Crippen LogP contribution in [0, 0.1) is 0 Å². The van der Waals surface area contributed by atoms with Crippen molar-refractivity contribution in [3.63, 3.8) is 0 Å². The molecule has 0 bridgehead atoms. The average molecular weight is 650 g/mol. The lowest BCUT2D eigenvalue weighted by atomic mass is 9.79. The summed E-state index contributed by atoms with van der Waals surface area (Å²) in [4.78, 5) is 25.7. The molecule has 0 saturated carbocycles. The van der Waals surface area contributed by atoms with Gasteiger partial charge in [0.25, 0.3) is 0 Å². The molecule has 0 saturated heterocycles. The van der Waals surface area contributed by atoms with Crippen molar-refractivity contribution in [2.75, 3.05) is 26.3 Å². The summed E-state index contributed by atoms with van der Waals surface area (Å²) in [6.07, 6.45) is 8.39. The molecular formula is C42H67NO4. The van der Waals surface area contributed by atoms with E-state index >= 15 is 0 Å². The van der Waals surface area contributed by atoms with E-state index in [9.17, 15) is 9.59 Å². The number of carbonyl (C=O) groups excluding carboxylic acids is 2. The molecular weight excluding hydrogens is 582 g/mol. The molecule has 2 aromatic rings. The zero-order valence-corrected chi connectivity index (χ0v) is 32.1. The van der Waals surface area contributed by atoms with Crippen LogP contribution < -0.4 is 5.32 Å². The molecule has 0 aliphatic heterocycles. The predicted octanol–water partition coefficient (Wildman–Crippen LogP) is 10.6. The molecule has 5 heteroatoms. The van der Waals surface area contributed by atoms with E-state index in [1.165, 1.54) is 0 Å². The second kappa shape index (κ2) is 17.7. The molecule has 5 nitrogen and oxygen atoms in total. The van der Waals surface area contributed by atoms with Crippen LogP contribution in [0.1, 0.15) is 177 Å². The van der Waals surface area contributed by atoms with E-state index in [1.54, 1.807) is 0 Å². The van der Waals surface area contributed by atoms with Gasteiger partial charge in [0, 0.05) is 0 Å². The van der Waals surface area contributed by atoms with Gasteiger partial charge in [0.15, 0.2) is 0 Å². The van der Waals surface area contributed by atoms with Crippen molar-refractivity contribution in [1.29, 1.82) is 0 Å². The van der Waals surface area contributed by atoms with Gasteiger partial charge in [-0.15, -0.1) is 0 Å². The summed E-state index contributed by atoms with van der Waals surface area (Å²) in [5.74, 6) is -0.441.